The fraction of sp³-hybridized carbons (Fsp3) is 0.643. The van der Waals surface area contributed by atoms with Crippen LogP contribution in [0, 0.1) is 5.92 Å². The average Bonchev–Trinajstić information content (AvgIpc) is 2.51. The van der Waals surface area contributed by atoms with E-state index in [0.29, 0.717) is 12.3 Å². The van der Waals surface area contributed by atoms with Crippen LogP contribution in [0.5, 0.6) is 0 Å². The molecule has 0 aromatic rings. The van der Waals surface area contributed by atoms with Crippen molar-refractivity contribution in [1.29, 1.82) is 0 Å². The Morgan fingerprint density at radius 2 is 1.70 bits per heavy atom. The third-order valence-corrected chi connectivity index (χ3v) is 15.6. The Kier molecular flexibility index (Phi) is 10.8. The standard InChI is InChI=1S/C9H13.C3H7NO.C2H7Si.2ClH.Ti/c1-6-5-7(2)9(4)8(6)3;1-2-3(4)5;1-3-2;;;/h6H,1-4H3;2H2,1H3,(H2,4,5);3H,1-2H3;2*1H;/q;;;;;+3/p-3. The summed E-state index contributed by atoms with van der Waals surface area (Å²) in [7, 11) is 0. The first-order valence-corrected chi connectivity index (χ1v) is 14.0. The van der Waals surface area contributed by atoms with E-state index in [-0.39, 0.29) is 30.7 Å². The van der Waals surface area contributed by atoms with Gasteiger partial charge in [-0.3, -0.25) is 0 Å². The summed E-state index contributed by atoms with van der Waals surface area (Å²) in [4.78, 5) is 11.8. The summed E-state index contributed by atoms with van der Waals surface area (Å²) >= 11 is -1.56. The number of hydrogen-bond acceptors (Lipinski definition) is 1. The molecule has 0 fully saturated rings. The quantitative estimate of drug-likeness (QED) is 0.536. The normalized spacial score (nSPS) is 17.9. The third-order valence-electron chi connectivity index (χ3n) is 4.10. The van der Waals surface area contributed by atoms with E-state index < -0.39 is 24.0 Å². The maximum absolute atomic E-state index is 11.8. The van der Waals surface area contributed by atoms with Gasteiger partial charge in [-0.1, -0.05) is 0 Å². The van der Waals surface area contributed by atoms with Crippen molar-refractivity contribution in [3.63, 3.8) is 0 Å². The summed E-state index contributed by atoms with van der Waals surface area (Å²) in [5.74, 6) is 0.813. The van der Waals surface area contributed by atoms with Gasteiger partial charge >= 0.3 is 119 Å². The largest absolute Gasteiger partial charge is 1.00 e. The van der Waals surface area contributed by atoms with E-state index in [9.17, 15) is 4.79 Å². The zero-order valence-corrected chi connectivity index (χ0v) is 17.8. The van der Waals surface area contributed by atoms with E-state index >= 15 is 0 Å². The molecule has 0 bridgehead atoms. The molecule has 0 saturated carbocycles. The van der Waals surface area contributed by atoms with Crippen LogP contribution in [0.3, 0.4) is 0 Å². The average molecular weight is 371 g/mol. The number of halogens is 2. The van der Waals surface area contributed by atoms with Crippen molar-refractivity contribution in [2.75, 3.05) is 0 Å². The first kappa shape index (κ1) is 22.7. The van der Waals surface area contributed by atoms with Crippen LogP contribution in [0.4, 0.5) is 0 Å². The molecule has 1 amide bonds. The van der Waals surface area contributed by atoms with Gasteiger partial charge in [0.05, 0.1) is 0 Å². The first-order chi connectivity index (χ1) is 8.31. The van der Waals surface area contributed by atoms with Gasteiger partial charge in [0.25, 0.3) is 0 Å². The van der Waals surface area contributed by atoms with Crippen molar-refractivity contribution in [2.24, 2.45) is 5.92 Å². The minimum atomic E-state index is -1.56. The summed E-state index contributed by atoms with van der Waals surface area (Å²) in [6.07, 6.45) is 0.615. The van der Waals surface area contributed by atoms with Crippen LogP contribution in [0.15, 0.2) is 20.6 Å². The zero-order valence-electron chi connectivity index (χ0n) is 13.5. The summed E-state index contributed by atoms with van der Waals surface area (Å²) in [6, 6.07) is 0. The maximum Gasteiger partial charge on any atom is -1.00 e. The second-order valence-corrected chi connectivity index (χ2v) is 18.2. The molecule has 0 spiro atoms. The molecule has 20 heavy (non-hydrogen) atoms. The molecule has 0 aromatic carbocycles. The topological polar surface area (TPSA) is 29.1 Å². The number of carbonyl (C=O) groups is 1. The van der Waals surface area contributed by atoms with Gasteiger partial charge in [-0.05, 0) is 0 Å². The Hall–Kier alpha value is 0.461. The van der Waals surface area contributed by atoms with Gasteiger partial charge in [-0.15, -0.1) is 0 Å². The van der Waals surface area contributed by atoms with Crippen molar-refractivity contribution in [3.05, 3.63) is 20.6 Å². The van der Waals surface area contributed by atoms with Crippen molar-refractivity contribution in [3.8, 4) is 0 Å². The molecular weight excluding hydrogens is 345 g/mol. The Morgan fingerprint density at radius 3 is 2.00 bits per heavy atom. The van der Waals surface area contributed by atoms with E-state index in [2.05, 4.69) is 44.6 Å². The molecule has 0 aromatic heterocycles. The summed E-state index contributed by atoms with van der Waals surface area (Å²) in [5.41, 5.74) is 4.45. The molecule has 0 radical (unpaired) electrons. The fourth-order valence-corrected chi connectivity index (χ4v) is 13.3. The van der Waals surface area contributed by atoms with E-state index in [1.807, 2.05) is 6.92 Å². The second-order valence-electron chi connectivity index (χ2n) is 5.54. The Morgan fingerprint density at radius 1 is 1.20 bits per heavy atom. The molecular formula is C14H26Cl2NOSiTi. The predicted molar refractivity (Wildman–Crippen MR) is 77.5 cm³/mol. The molecule has 1 unspecified atom stereocenters. The SMILES string of the molecule is CCC(=O)[NH][Ti+2]([C]1=C(C)C(C)=C(C)C1C)[SiH](C)C.[Cl-].[Cl-]. The van der Waals surface area contributed by atoms with Crippen LogP contribution in [0.25, 0.3) is 0 Å². The van der Waals surface area contributed by atoms with Gasteiger partial charge in [-0.2, -0.15) is 0 Å². The van der Waals surface area contributed by atoms with E-state index in [1.165, 1.54) is 16.7 Å². The number of allylic oxidation sites excluding steroid dienone is 4. The van der Waals surface area contributed by atoms with Crippen LogP contribution in [-0.4, -0.2) is 12.6 Å². The molecule has 1 rings (SSSR count). The summed E-state index contributed by atoms with van der Waals surface area (Å²) < 4.78 is 5.05. The molecule has 1 aliphatic carbocycles. The van der Waals surface area contributed by atoms with E-state index in [0.717, 1.165) is 0 Å². The minimum absolute atomic E-state index is 0. The summed E-state index contributed by atoms with van der Waals surface area (Å²) in [5, 5.41) is 0. The molecule has 1 N–H and O–H groups in total. The zero-order chi connectivity index (χ0) is 14.0. The van der Waals surface area contributed by atoms with E-state index in [1.54, 1.807) is 3.88 Å². The first-order valence-electron chi connectivity index (χ1n) is 6.86. The monoisotopic (exact) mass is 370 g/mol. The van der Waals surface area contributed by atoms with E-state index in [4.69, 9.17) is 0 Å². The van der Waals surface area contributed by atoms with Gasteiger partial charge in [0.15, 0.2) is 0 Å². The Labute approximate surface area is 143 Å². The molecule has 1 atom stereocenters. The van der Waals surface area contributed by atoms with Gasteiger partial charge in [0, 0.05) is 0 Å². The third kappa shape index (κ3) is 4.74. The molecule has 6 heteroatoms. The maximum atomic E-state index is 11.8. The Bertz CT molecular complexity index is 421. The number of nitrogens with one attached hydrogen (secondary N) is 1. The summed E-state index contributed by atoms with van der Waals surface area (Å²) in [6.45, 7) is 15.0. The Balaban J connectivity index is 0. The molecule has 0 heterocycles. The molecule has 0 saturated heterocycles. The number of carbonyl (C=O) groups excluding carboxylic acids is 1. The number of amides is 1. The van der Waals surface area contributed by atoms with Crippen LogP contribution in [0.1, 0.15) is 41.0 Å². The molecule has 0 aliphatic heterocycles. The minimum Gasteiger partial charge on any atom is -1.00 e. The predicted octanol–water partition coefficient (Wildman–Crippen LogP) is -2.70. The van der Waals surface area contributed by atoms with Crippen molar-refractivity contribution >= 4 is 12.6 Å². The van der Waals surface area contributed by atoms with Crippen molar-refractivity contribution in [2.45, 2.75) is 54.1 Å². The van der Waals surface area contributed by atoms with Crippen LogP contribution in [0.2, 0.25) is 13.1 Å². The van der Waals surface area contributed by atoms with Gasteiger partial charge < -0.3 is 24.8 Å². The van der Waals surface area contributed by atoms with Gasteiger partial charge in [0.1, 0.15) is 0 Å². The number of rotatable bonds is 4. The smallest absolute Gasteiger partial charge is 1.00 e. The van der Waals surface area contributed by atoms with Gasteiger partial charge in [0.2, 0.25) is 0 Å². The number of hydrogen-bond donors (Lipinski definition) is 1. The van der Waals surface area contributed by atoms with Crippen LogP contribution >= 0.6 is 0 Å². The second kappa shape index (κ2) is 9.47. The van der Waals surface area contributed by atoms with Crippen molar-refractivity contribution in [1.82, 2.24) is 3.80 Å². The van der Waals surface area contributed by atoms with Crippen LogP contribution < -0.4 is 28.6 Å². The molecule has 1 aliphatic rings. The van der Waals surface area contributed by atoms with Gasteiger partial charge in [-0.25, -0.2) is 0 Å². The molecule has 115 valence electrons. The van der Waals surface area contributed by atoms with Crippen LogP contribution in [-0.2, 0) is 22.2 Å². The molecule has 2 nitrogen and oxygen atoms in total. The fourth-order valence-electron chi connectivity index (χ4n) is 2.56. The van der Waals surface area contributed by atoms with Crippen molar-refractivity contribution < 1.29 is 47.0 Å².